The van der Waals surface area contributed by atoms with Crippen molar-refractivity contribution in [1.29, 1.82) is 0 Å². The third-order valence-corrected chi connectivity index (χ3v) is 3.43. The van der Waals surface area contributed by atoms with E-state index in [4.69, 9.17) is 5.73 Å². The van der Waals surface area contributed by atoms with E-state index >= 15 is 0 Å². The Labute approximate surface area is 128 Å². The Morgan fingerprint density at radius 2 is 1.59 bits per heavy atom. The van der Waals surface area contributed by atoms with Gasteiger partial charge in [0.1, 0.15) is 0 Å². The van der Waals surface area contributed by atoms with Crippen LogP contribution >= 0.6 is 0 Å². The van der Waals surface area contributed by atoms with E-state index in [2.05, 4.69) is 25.9 Å². The lowest BCUT2D eigenvalue weighted by Crippen LogP contribution is -2.04. The highest BCUT2D eigenvalue weighted by Gasteiger charge is 2.09. The first-order valence-electron chi connectivity index (χ1n) is 7.00. The Morgan fingerprint density at radius 1 is 0.864 bits per heavy atom. The van der Waals surface area contributed by atoms with Crippen LogP contribution in [-0.4, -0.2) is 24.1 Å². The van der Waals surface area contributed by atoms with E-state index in [-0.39, 0.29) is 0 Å². The van der Waals surface area contributed by atoms with Crippen molar-refractivity contribution in [2.24, 2.45) is 0 Å². The number of rotatable bonds is 4. The molecule has 0 fully saturated rings. The maximum absolute atomic E-state index is 6.02. The lowest BCUT2D eigenvalue weighted by molar-refractivity contribution is 1.28. The highest BCUT2D eigenvalue weighted by Crippen LogP contribution is 2.30. The molecule has 0 unspecified atom stereocenters. The van der Waals surface area contributed by atoms with Crippen LogP contribution in [0.25, 0.3) is 11.0 Å². The number of aromatic nitrogens is 2. The minimum atomic E-state index is 0.371. The molecule has 0 saturated heterocycles. The number of para-hydroxylation sites is 2. The molecule has 0 radical (unpaired) electrons. The molecule has 3 aromatic rings. The number of hydrogen-bond donors (Lipinski definition) is 4. The number of benzene rings is 2. The molecule has 6 nitrogen and oxygen atoms in total. The van der Waals surface area contributed by atoms with E-state index in [1.165, 1.54) is 0 Å². The summed E-state index contributed by atoms with van der Waals surface area (Å²) < 4.78 is 0. The molecule has 0 aliphatic carbocycles. The van der Waals surface area contributed by atoms with Crippen LogP contribution in [0.15, 0.2) is 42.5 Å². The van der Waals surface area contributed by atoms with Gasteiger partial charge in [-0.1, -0.05) is 12.1 Å². The lowest BCUT2D eigenvalue weighted by Gasteiger charge is -2.14. The van der Waals surface area contributed by atoms with Crippen molar-refractivity contribution >= 4 is 39.7 Å². The molecule has 112 valence electrons. The van der Waals surface area contributed by atoms with E-state index in [0.29, 0.717) is 11.6 Å². The summed E-state index contributed by atoms with van der Waals surface area (Å²) in [4.78, 5) is 8.94. The first-order chi connectivity index (χ1) is 10.7. The number of nitrogens with zero attached hydrogens (tertiary/aromatic N) is 2. The first-order valence-corrected chi connectivity index (χ1v) is 7.00. The Kier molecular flexibility index (Phi) is 3.65. The zero-order chi connectivity index (χ0) is 15.5. The quantitative estimate of drug-likeness (QED) is 0.591. The molecule has 3 rings (SSSR count). The van der Waals surface area contributed by atoms with Gasteiger partial charge in [-0.3, -0.25) is 0 Å². The third-order valence-electron chi connectivity index (χ3n) is 3.43. The molecular weight excluding hydrogens is 276 g/mol. The van der Waals surface area contributed by atoms with Crippen LogP contribution in [0.1, 0.15) is 0 Å². The van der Waals surface area contributed by atoms with Gasteiger partial charge in [0.2, 0.25) is 0 Å². The average molecular weight is 294 g/mol. The van der Waals surface area contributed by atoms with Gasteiger partial charge in [0.15, 0.2) is 11.6 Å². The van der Waals surface area contributed by atoms with Crippen molar-refractivity contribution in [1.82, 2.24) is 9.97 Å². The third kappa shape index (κ3) is 2.58. The Morgan fingerprint density at radius 3 is 2.27 bits per heavy atom. The van der Waals surface area contributed by atoms with Crippen molar-refractivity contribution in [3.05, 3.63) is 42.5 Å². The van der Waals surface area contributed by atoms with E-state index in [0.717, 1.165) is 28.1 Å². The van der Waals surface area contributed by atoms with Crippen molar-refractivity contribution in [2.75, 3.05) is 35.8 Å². The Hall–Kier alpha value is -3.02. The van der Waals surface area contributed by atoms with E-state index < -0.39 is 0 Å². The second-order valence-electron chi connectivity index (χ2n) is 4.83. The SMILES string of the molecule is CNc1ccc(NC)c(Nc2nc3ccccc3nc2N)c1. The van der Waals surface area contributed by atoms with Crippen LogP contribution in [0.5, 0.6) is 0 Å². The fourth-order valence-corrected chi connectivity index (χ4v) is 2.25. The zero-order valence-corrected chi connectivity index (χ0v) is 12.5. The van der Waals surface area contributed by atoms with Gasteiger partial charge in [0, 0.05) is 19.8 Å². The van der Waals surface area contributed by atoms with Gasteiger partial charge in [0.25, 0.3) is 0 Å². The largest absolute Gasteiger partial charge is 0.388 e. The van der Waals surface area contributed by atoms with Crippen molar-refractivity contribution in [3.8, 4) is 0 Å². The summed E-state index contributed by atoms with van der Waals surface area (Å²) in [6.45, 7) is 0. The number of hydrogen-bond acceptors (Lipinski definition) is 6. The summed E-state index contributed by atoms with van der Waals surface area (Å²) in [5, 5.41) is 9.52. The topological polar surface area (TPSA) is 87.9 Å². The summed E-state index contributed by atoms with van der Waals surface area (Å²) in [5.41, 5.74) is 10.4. The molecule has 0 aliphatic heterocycles. The molecule has 6 heteroatoms. The maximum Gasteiger partial charge on any atom is 0.174 e. The fraction of sp³-hybridized carbons (Fsp3) is 0.125. The van der Waals surface area contributed by atoms with Crippen LogP contribution in [0, 0.1) is 0 Å². The molecule has 1 aromatic heterocycles. The number of anilines is 5. The standard InChI is InChI=1S/C16H18N6/c1-18-10-7-8-11(19-2)14(9-10)22-16-15(17)20-12-5-3-4-6-13(12)21-16/h3-9,18-19H,1-2H3,(H2,17,20)(H,21,22). The monoisotopic (exact) mass is 294 g/mol. The second-order valence-corrected chi connectivity index (χ2v) is 4.83. The van der Waals surface area contributed by atoms with E-state index in [1.54, 1.807) is 0 Å². The number of fused-ring (bicyclic) bond motifs is 1. The van der Waals surface area contributed by atoms with E-state index in [1.807, 2.05) is 56.6 Å². The molecule has 0 aliphatic rings. The van der Waals surface area contributed by atoms with Gasteiger partial charge in [-0.15, -0.1) is 0 Å². The summed E-state index contributed by atoms with van der Waals surface area (Å²) in [6.07, 6.45) is 0. The Bertz CT molecular complexity index is 815. The molecule has 1 heterocycles. The lowest BCUT2D eigenvalue weighted by atomic mass is 10.2. The predicted molar refractivity (Wildman–Crippen MR) is 92.8 cm³/mol. The molecule has 2 aromatic carbocycles. The number of nitrogens with two attached hydrogens (primary N) is 1. The molecule has 22 heavy (non-hydrogen) atoms. The molecule has 0 amide bonds. The summed E-state index contributed by atoms with van der Waals surface area (Å²) in [7, 11) is 3.75. The van der Waals surface area contributed by atoms with Gasteiger partial charge in [0.05, 0.1) is 22.4 Å². The number of nitrogen functional groups attached to an aromatic ring is 1. The smallest absolute Gasteiger partial charge is 0.174 e. The minimum Gasteiger partial charge on any atom is -0.388 e. The maximum atomic E-state index is 6.02. The van der Waals surface area contributed by atoms with Crippen LogP contribution in [-0.2, 0) is 0 Å². The molecular formula is C16H18N6. The molecule has 0 bridgehead atoms. The van der Waals surface area contributed by atoms with Crippen molar-refractivity contribution in [2.45, 2.75) is 0 Å². The van der Waals surface area contributed by atoms with Crippen molar-refractivity contribution < 1.29 is 0 Å². The number of nitrogens with one attached hydrogen (secondary N) is 3. The summed E-state index contributed by atoms with van der Waals surface area (Å²) in [6, 6.07) is 13.6. The molecule has 0 spiro atoms. The Balaban J connectivity index is 2.04. The van der Waals surface area contributed by atoms with Gasteiger partial charge >= 0.3 is 0 Å². The summed E-state index contributed by atoms with van der Waals surface area (Å²) in [5.74, 6) is 0.916. The summed E-state index contributed by atoms with van der Waals surface area (Å²) >= 11 is 0. The van der Waals surface area contributed by atoms with E-state index in [9.17, 15) is 0 Å². The van der Waals surface area contributed by atoms with Crippen LogP contribution in [0.3, 0.4) is 0 Å². The zero-order valence-electron chi connectivity index (χ0n) is 12.5. The van der Waals surface area contributed by atoms with Crippen LogP contribution in [0.2, 0.25) is 0 Å². The molecule has 0 atom stereocenters. The minimum absolute atomic E-state index is 0.371. The fourth-order valence-electron chi connectivity index (χ4n) is 2.25. The average Bonchev–Trinajstić information content (AvgIpc) is 2.55. The molecule has 5 N–H and O–H groups in total. The van der Waals surface area contributed by atoms with Crippen molar-refractivity contribution in [3.63, 3.8) is 0 Å². The highest BCUT2D eigenvalue weighted by molar-refractivity contribution is 5.84. The van der Waals surface area contributed by atoms with Crippen LogP contribution < -0.4 is 21.7 Å². The van der Waals surface area contributed by atoms with Gasteiger partial charge in [-0.2, -0.15) is 0 Å². The van der Waals surface area contributed by atoms with Gasteiger partial charge in [-0.25, -0.2) is 9.97 Å². The first kappa shape index (κ1) is 13.9. The van der Waals surface area contributed by atoms with Gasteiger partial charge in [-0.05, 0) is 30.3 Å². The second kappa shape index (κ2) is 5.77. The normalized spacial score (nSPS) is 10.5. The molecule has 0 saturated carbocycles. The predicted octanol–water partition coefficient (Wildman–Crippen LogP) is 3.04. The highest BCUT2D eigenvalue weighted by atomic mass is 15.1. The van der Waals surface area contributed by atoms with Gasteiger partial charge < -0.3 is 21.7 Å². The van der Waals surface area contributed by atoms with Crippen LogP contribution in [0.4, 0.5) is 28.7 Å².